The Labute approximate surface area is 119 Å². The molecule has 0 radical (unpaired) electrons. The summed E-state index contributed by atoms with van der Waals surface area (Å²) in [4.78, 5) is 0. The smallest absolute Gasteiger partial charge is 0.122 e. The van der Waals surface area contributed by atoms with E-state index in [2.05, 4.69) is 0 Å². The van der Waals surface area contributed by atoms with Gasteiger partial charge in [-0.15, -0.1) is 0 Å². The van der Waals surface area contributed by atoms with E-state index in [0.29, 0.717) is 5.92 Å². The maximum absolute atomic E-state index is 9.96. The second-order valence-corrected chi connectivity index (χ2v) is 6.67. The first kappa shape index (κ1) is 13.3. The van der Waals surface area contributed by atoms with Crippen LogP contribution in [0, 0.1) is 17.3 Å². The van der Waals surface area contributed by atoms with Crippen molar-refractivity contribution < 1.29 is 9.84 Å². The first-order valence-electron chi connectivity index (χ1n) is 7.10. The molecule has 3 unspecified atom stereocenters. The lowest BCUT2D eigenvalue weighted by Gasteiger charge is -2.36. The molecule has 1 aromatic carbocycles. The van der Waals surface area contributed by atoms with Gasteiger partial charge >= 0.3 is 0 Å². The van der Waals surface area contributed by atoms with Gasteiger partial charge in [-0.05, 0) is 61.3 Å². The summed E-state index contributed by atoms with van der Waals surface area (Å²) in [7, 11) is 1.69. The molecule has 2 aliphatic carbocycles. The number of benzene rings is 1. The molecular weight excluding hydrogens is 260 g/mol. The highest BCUT2D eigenvalue weighted by atomic mass is 35.5. The zero-order valence-electron chi connectivity index (χ0n) is 11.4. The molecule has 0 spiro atoms. The topological polar surface area (TPSA) is 29.5 Å². The first-order chi connectivity index (χ1) is 9.16. The van der Waals surface area contributed by atoms with Crippen LogP contribution in [-0.4, -0.2) is 18.8 Å². The van der Waals surface area contributed by atoms with Gasteiger partial charge in [0.15, 0.2) is 0 Å². The van der Waals surface area contributed by atoms with E-state index in [4.69, 9.17) is 16.3 Å². The minimum Gasteiger partial charge on any atom is -0.496 e. The Bertz CT molecular complexity index is 474. The molecule has 3 atom stereocenters. The third-order valence-corrected chi connectivity index (χ3v) is 5.44. The van der Waals surface area contributed by atoms with Gasteiger partial charge in [-0.25, -0.2) is 0 Å². The van der Waals surface area contributed by atoms with Crippen LogP contribution in [0.1, 0.15) is 31.2 Å². The molecule has 0 amide bonds. The molecule has 1 aromatic rings. The lowest BCUT2D eigenvalue weighted by atomic mass is 9.70. The molecule has 3 heteroatoms. The summed E-state index contributed by atoms with van der Waals surface area (Å²) in [5, 5.41) is 10.7. The lowest BCUT2D eigenvalue weighted by molar-refractivity contribution is 0.0646. The molecule has 0 aromatic heterocycles. The van der Waals surface area contributed by atoms with Gasteiger partial charge in [-0.1, -0.05) is 18.0 Å². The molecule has 3 rings (SSSR count). The molecule has 2 saturated carbocycles. The maximum atomic E-state index is 9.96. The zero-order chi connectivity index (χ0) is 13.5. The van der Waals surface area contributed by atoms with E-state index in [0.717, 1.165) is 35.1 Å². The molecule has 2 nitrogen and oxygen atoms in total. The molecule has 2 aliphatic rings. The normalized spacial score (nSPS) is 32.8. The average Bonchev–Trinajstić information content (AvgIpc) is 3.00. The summed E-state index contributed by atoms with van der Waals surface area (Å²) in [6.45, 7) is 0.282. The quantitative estimate of drug-likeness (QED) is 0.911. The van der Waals surface area contributed by atoms with Crippen LogP contribution >= 0.6 is 11.6 Å². The monoisotopic (exact) mass is 280 g/mol. The third-order valence-electron chi connectivity index (χ3n) is 5.20. The molecule has 1 N–H and O–H groups in total. The second-order valence-electron chi connectivity index (χ2n) is 6.23. The Balaban J connectivity index is 1.89. The predicted octanol–water partition coefficient (Wildman–Crippen LogP) is 3.69. The summed E-state index contributed by atoms with van der Waals surface area (Å²) in [6, 6.07) is 5.77. The average molecular weight is 281 g/mol. The Kier molecular flexibility index (Phi) is 3.48. The first-order valence-corrected chi connectivity index (χ1v) is 7.48. The van der Waals surface area contributed by atoms with Crippen LogP contribution in [0.5, 0.6) is 5.75 Å². The van der Waals surface area contributed by atoms with Crippen molar-refractivity contribution in [3.05, 3.63) is 28.8 Å². The number of hydrogen-bond donors (Lipinski definition) is 1. The fraction of sp³-hybridized carbons (Fsp3) is 0.625. The maximum Gasteiger partial charge on any atom is 0.122 e. The van der Waals surface area contributed by atoms with E-state index in [1.807, 2.05) is 18.2 Å². The second kappa shape index (κ2) is 4.99. The number of halogens is 1. The Hall–Kier alpha value is -0.730. The van der Waals surface area contributed by atoms with E-state index in [1.54, 1.807) is 7.11 Å². The van der Waals surface area contributed by atoms with E-state index in [9.17, 15) is 5.11 Å². The van der Waals surface area contributed by atoms with Crippen molar-refractivity contribution in [1.82, 2.24) is 0 Å². The van der Waals surface area contributed by atoms with Gasteiger partial charge in [0.1, 0.15) is 5.75 Å². The SMILES string of the molecule is COc1ccc(Cl)cc1CC1(CO)CC2CCC1C2. The molecule has 104 valence electrons. The van der Waals surface area contributed by atoms with E-state index in [1.165, 1.54) is 19.3 Å². The highest BCUT2D eigenvalue weighted by molar-refractivity contribution is 6.30. The number of aliphatic hydroxyl groups is 1. The number of hydrogen-bond acceptors (Lipinski definition) is 2. The number of rotatable bonds is 4. The van der Waals surface area contributed by atoms with Crippen LogP contribution in [0.2, 0.25) is 5.02 Å². The Morgan fingerprint density at radius 2 is 2.26 bits per heavy atom. The summed E-state index contributed by atoms with van der Waals surface area (Å²) < 4.78 is 5.44. The van der Waals surface area contributed by atoms with Crippen molar-refractivity contribution in [1.29, 1.82) is 0 Å². The van der Waals surface area contributed by atoms with Crippen molar-refractivity contribution in [2.75, 3.05) is 13.7 Å². The number of ether oxygens (including phenoxy) is 1. The standard InChI is InChI=1S/C16H21ClO2/c1-19-15-5-4-14(17)7-12(15)9-16(10-18)8-11-2-3-13(16)6-11/h4-5,7,11,13,18H,2-3,6,8-10H2,1H3. The number of methoxy groups -OCH3 is 1. The summed E-state index contributed by atoms with van der Waals surface area (Å²) in [5.74, 6) is 2.38. The number of fused-ring (bicyclic) bond motifs is 2. The summed E-state index contributed by atoms with van der Waals surface area (Å²) in [6.07, 6.45) is 5.95. The molecule has 2 fully saturated rings. The molecule has 0 saturated heterocycles. The summed E-state index contributed by atoms with van der Waals surface area (Å²) >= 11 is 6.11. The van der Waals surface area contributed by atoms with Gasteiger partial charge in [-0.3, -0.25) is 0 Å². The lowest BCUT2D eigenvalue weighted by Crippen LogP contribution is -2.34. The van der Waals surface area contributed by atoms with E-state index >= 15 is 0 Å². The van der Waals surface area contributed by atoms with Crippen LogP contribution in [0.3, 0.4) is 0 Å². The van der Waals surface area contributed by atoms with Gasteiger partial charge in [0.2, 0.25) is 0 Å². The largest absolute Gasteiger partial charge is 0.496 e. The fourth-order valence-corrected chi connectivity index (χ4v) is 4.48. The molecule has 2 bridgehead atoms. The van der Waals surface area contributed by atoms with E-state index in [-0.39, 0.29) is 12.0 Å². The Morgan fingerprint density at radius 1 is 1.42 bits per heavy atom. The molecule has 19 heavy (non-hydrogen) atoms. The molecule has 0 heterocycles. The minimum absolute atomic E-state index is 0.0564. The van der Waals surface area contributed by atoms with Crippen molar-refractivity contribution in [3.8, 4) is 5.75 Å². The van der Waals surface area contributed by atoms with Gasteiger partial charge in [-0.2, -0.15) is 0 Å². The molecular formula is C16H21ClO2. The van der Waals surface area contributed by atoms with Crippen molar-refractivity contribution in [2.24, 2.45) is 17.3 Å². The van der Waals surface area contributed by atoms with Gasteiger partial charge in [0, 0.05) is 17.0 Å². The van der Waals surface area contributed by atoms with Crippen LogP contribution in [0.15, 0.2) is 18.2 Å². The summed E-state index contributed by atoms with van der Waals surface area (Å²) in [5.41, 5.74) is 1.19. The van der Waals surface area contributed by atoms with Gasteiger partial charge in [0.25, 0.3) is 0 Å². The van der Waals surface area contributed by atoms with Crippen molar-refractivity contribution in [3.63, 3.8) is 0 Å². The van der Waals surface area contributed by atoms with Gasteiger partial charge < -0.3 is 9.84 Å². The van der Waals surface area contributed by atoms with Crippen LogP contribution in [-0.2, 0) is 6.42 Å². The van der Waals surface area contributed by atoms with E-state index < -0.39 is 0 Å². The van der Waals surface area contributed by atoms with Gasteiger partial charge in [0.05, 0.1) is 7.11 Å². The highest BCUT2D eigenvalue weighted by Gasteiger charge is 2.50. The zero-order valence-corrected chi connectivity index (χ0v) is 12.1. The van der Waals surface area contributed by atoms with Crippen molar-refractivity contribution in [2.45, 2.75) is 32.1 Å². The van der Waals surface area contributed by atoms with Crippen molar-refractivity contribution >= 4 is 11.6 Å². The molecule has 0 aliphatic heterocycles. The number of aliphatic hydroxyl groups excluding tert-OH is 1. The third kappa shape index (κ3) is 2.25. The minimum atomic E-state index is 0.0564. The fourth-order valence-electron chi connectivity index (χ4n) is 4.29. The van der Waals surface area contributed by atoms with Crippen LogP contribution in [0.25, 0.3) is 0 Å². The Morgan fingerprint density at radius 3 is 2.84 bits per heavy atom. The highest BCUT2D eigenvalue weighted by Crippen LogP contribution is 2.57. The van der Waals surface area contributed by atoms with Crippen LogP contribution in [0.4, 0.5) is 0 Å². The predicted molar refractivity (Wildman–Crippen MR) is 76.7 cm³/mol. The van der Waals surface area contributed by atoms with Crippen LogP contribution < -0.4 is 4.74 Å².